The first kappa shape index (κ1) is 29.5. The van der Waals surface area contributed by atoms with Crippen LogP contribution in [0, 0.1) is 0 Å². The van der Waals surface area contributed by atoms with Crippen molar-refractivity contribution in [2.75, 3.05) is 5.75 Å². The van der Waals surface area contributed by atoms with E-state index in [1.165, 1.54) is 69.5 Å². The van der Waals surface area contributed by atoms with Crippen molar-refractivity contribution in [2.24, 2.45) is 0 Å². The summed E-state index contributed by atoms with van der Waals surface area (Å²) in [5.41, 5.74) is 1.20. The third-order valence-corrected chi connectivity index (χ3v) is 7.97. The molecule has 1 rings (SSSR count). The molecule has 2 N–H and O–H groups in total. The summed E-state index contributed by atoms with van der Waals surface area (Å²) >= 11 is 8.52. The lowest BCUT2D eigenvalue weighted by Gasteiger charge is -2.22. The highest BCUT2D eigenvalue weighted by atomic mass is 32.2. The molecule has 0 saturated heterocycles. The van der Waals surface area contributed by atoms with Gasteiger partial charge in [-0.2, -0.15) is 0 Å². The Morgan fingerprint density at radius 1 is 0.969 bits per heavy atom. The van der Waals surface area contributed by atoms with E-state index in [-0.39, 0.29) is 12.6 Å². The van der Waals surface area contributed by atoms with Gasteiger partial charge < -0.3 is 14.8 Å². The second-order valence-corrected chi connectivity index (χ2v) is 12.5. The Balaban J connectivity index is 2.16. The zero-order chi connectivity index (χ0) is 23.8. The van der Waals surface area contributed by atoms with Crippen LogP contribution in [0.4, 0.5) is 0 Å². The average Bonchev–Trinajstić information content (AvgIpc) is 2.75. The molecule has 0 aromatic heterocycles. The number of carbonyl (C=O) groups excluding carboxylic acids is 1. The Labute approximate surface area is 208 Å². The minimum Gasteiger partial charge on any atom is -0.460 e. The van der Waals surface area contributed by atoms with E-state index in [0.717, 1.165) is 21.3 Å². The highest BCUT2D eigenvalue weighted by Crippen LogP contribution is 2.32. The predicted molar refractivity (Wildman–Crippen MR) is 145 cm³/mol. The minimum absolute atomic E-state index is 0.142. The quantitative estimate of drug-likeness (QED) is 0.128. The van der Waals surface area contributed by atoms with E-state index in [4.69, 9.17) is 27.0 Å². The van der Waals surface area contributed by atoms with Crippen LogP contribution in [0.25, 0.3) is 0 Å². The van der Waals surface area contributed by atoms with Crippen molar-refractivity contribution in [1.29, 1.82) is 0 Å². The third-order valence-electron chi connectivity index (χ3n) is 5.20. The molecule has 0 heterocycles. The molecule has 32 heavy (non-hydrogen) atoms. The van der Waals surface area contributed by atoms with Crippen molar-refractivity contribution in [3.8, 4) is 0 Å². The number of thioether (sulfide) groups is 2. The van der Waals surface area contributed by atoms with Crippen LogP contribution in [0.2, 0.25) is 0 Å². The fourth-order valence-electron chi connectivity index (χ4n) is 3.13. The molecule has 180 valence electrons. The van der Waals surface area contributed by atoms with E-state index in [9.17, 15) is 4.79 Å². The van der Waals surface area contributed by atoms with Crippen LogP contribution in [0.3, 0.4) is 0 Å². The number of hydrogen-bond donors (Lipinski definition) is 2. The van der Waals surface area contributed by atoms with Crippen LogP contribution >= 0.6 is 35.7 Å². The molecule has 0 fully saturated rings. The van der Waals surface area contributed by atoms with Crippen molar-refractivity contribution >= 4 is 57.8 Å². The van der Waals surface area contributed by atoms with Gasteiger partial charge in [-0.05, 0) is 37.0 Å². The van der Waals surface area contributed by atoms with Gasteiger partial charge in [0.05, 0.1) is 0 Å². The van der Waals surface area contributed by atoms with Gasteiger partial charge in [0, 0.05) is 0 Å². The molecule has 1 aromatic carbocycles. The number of rotatable bonds is 16. The molecular formula is C24H39BO4S3. The van der Waals surface area contributed by atoms with Crippen LogP contribution in [-0.2, 0) is 16.1 Å². The van der Waals surface area contributed by atoms with Gasteiger partial charge in [0.2, 0.25) is 0 Å². The fraction of sp³-hybridized carbons (Fsp3) is 0.667. The number of thiocarbonyl (C=S) groups is 1. The van der Waals surface area contributed by atoms with Crippen LogP contribution in [0.15, 0.2) is 24.3 Å². The molecule has 0 amide bonds. The number of unbranched alkanes of at least 4 members (excludes halogenated alkanes) is 9. The maximum atomic E-state index is 12.5. The van der Waals surface area contributed by atoms with Crippen LogP contribution in [-0.4, -0.2) is 37.2 Å². The van der Waals surface area contributed by atoms with Gasteiger partial charge >= 0.3 is 13.1 Å². The molecule has 0 unspecified atom stereocenters. The topological polar surface area (TPSA) is 66.8 Å². The van der Waals surface area contributed by atoms with Crippen LogP contribution in [0.1, 0.15) is 90.5 Å². The molecule has 0 bridgehead atoms. The first-order valence-electron chi connectivity index (χ1n) is 11.7. The van der Waals surface area contributed by atoms with Gasteiger partial charge in [0.15, 0.2) is 0 Å². The molecule has 0 spiro atoms. The molecule has 0 aliphatic heterocycles. The lowest BCUT2D eigenvalue weighted by atomic mass is 9.80. The van der Waals surface area contributed by atoms with Gasteiger partial charge in [-0.25, -0.2) is 0 Å². The van der Waals surface area contributed by atoms with Crippen molar-refractivity contribution in [1.82, 2.24) is 0 Å². The van der Waals surface area contributed by atoms with E-state index < -0.39 is 11.9 Å². The predicted octanol–water partition coefficient (Wildman–Crippen LogP) is 5.86. The highest BCUT2D eigenvalue weighted by molar-refractivity contribution is 8.47. The monoisotopic (exact) mass is 498 g/mol. The SMILES string of the molecule is CCCCCCCCCCCCSC(=S)SC(C)(C)C(=O)OCc1ccc(B(O)O)cc1. The molecule has 0 atom stereocenters. The summed E-state index contributed by atoms with van der Waals surface area (Å²) in [4.78, 5) is 12.5. The summed E-state index contributed by atoms with van der Waals surface area (Å²) in [6, 6.07) is 6.64. The second kappa shape index (κ2) is 17.0. The standard InChI is InChI=1S/C24H39BO4S3/c1-4-5-6-7-8-9-10-11-12-13-18-31-23(30)32-24(2,3)22(26)29-19-20-14-16-21(17-15-20)25(27)28/h14-17,27-28H,4-13,18-19H2,1-3H3. The summed E-state index contributed by atoms with van der Waals surface area (Å²) in [6.07, 6.45) is 13.2. The maximum Gasteiger partial charge on any atom is 0.488 e. The zero-order valence-electron chi connectivity index (χ0n) is 19.8. The molecule has 0 aliphatic carbocycles. The van der Waals surface area contributed by atoms with Gasteiger partial charge in [-0.15, -0.1) is 11.8 Å². The largest absolute Gasteiger partial charge is 0.488 e. The number of benzene rings is 1. The van der Waals surface area contributed by atoms with Crippen molar-refractivity contribution in [3.05, 3.63) is 29.8 Å². The Bertz CT molecular complexity index is 666. The van der Waals surface area contributed by atoms with E-state index in [2.05, 4.69) is 6.92 Å². The molecular weight excluding hydrogens is 459 g/mol. The Kier molecular flexibility index (Phi) is 15.7. The van der Waals surface area contributed by atoms with Gasteiger partial charge in [0.25, 0.3) is 0 Å². The Morgan fingerprint density at radius 2 is 1.50 bits per heavy atom. The van der Waals surface area contributed by atoms with Crippen molar-refractivity contribution in [2.45, 2.75) is 96.3 Å². The van der Waals surface area contributed by atoms with Gasteiger partial charge in [-0.1, -0.05) is 113 Å². The number of esters is 1. The van der Waals surface area contributed by atoms with Crippen LogP contribution in [0.5, 0.6) is 0 Å². The molecule has 1 aromatic rings. The van der Waals surface area contributed by atoms with Crippen LogP contribution < -0.4 is 5.46 Å². The first-order chi connectivity index (χ1) is 15.3. The zero-order valence-corrected chi connectivity index (χ0v) is 22.3. The normalized spacial score (nSPS) is 11.4. The number of carbonyl (C=O) groups is 1. The van der Waals surface area contributed by atoms with E-state index in [1.54, 1.807) is 36.0 Å². The van der Waals surface area contributed by atoms with Gasteiger partial charge in [0.1, 0.15) is 14.9 Å². The Morgan fingerprint density at radius 3 is 2.03 bits per heavy atom. The van der Waals surface area contributed by atoms with E-state index in [1.807, 2.05) is 13.8 Å². The third kappa shape index (κ3) is 13.2. The van der Waals surface area contributed by atoms with E-state index in [0.29, 0.717) is 5.46 Å². The van der Waals surface area contributed by atoms with Crippen molar-refractivity contribution in [3.63, 3.8) is 0 Å². The summed E-state index contributed by atoms with van der Waals surface area (Å²) in [5.74, 6) is 0.687. The smallest absolute Gasteiger partial charge is 0.460 e. The molecule has 8 heteroatoms. The number of ether oxygens (including phenoxy) is 1. The second-order valence-electron chi connectivity index (χ2n) is 8.58. The van der Waals surface area contributed by atoms with E-state index >= 15 is 0 Å². The highest BCUT2D eigenvalue weighted by Gasteiger charge is 2.32. The molecule has 4 nitrogen and oxygen atoms in total. The summed E-state index contributed by atoms with van der Waals surface area (Å²) in [5, 5.41) is 18.3. The fourth-order valence-corrected chi connectivity index (χ4v) is 6.19. The summed E-state index contributed by atoms with van der Waals surface area (Å²) < 4.78 is 5.49. The summed E-state index contributed by atoms with van der Waals surface area (Å²) in [7, 11) is -1.50. The lowest BCUT2D eigenvalue weighted by Crippen LogP contribution is -2.31. The van der Waals surface area contributed by atoms with Gasteiger partial charge in [-0.3, -0.25) is 4.79 Å². The van der Waals surface area contributed by atoms with Crippen molar-refractivity contribution < 1.29 is 19.6 Å². The summed E-state index contributed by atoms with van der Waals surface area (Å²) in [6.45, 7) is 6.06. The number of hydrogen-bond acceptors (Lipinski definition) is 7. The first-order valence-corrected chi connectivity index (χ1v) is 13.9. The molecule has 0 saturated carbocycles. The maximum absolute atomic E-state index is 12.5. The minimum atomic E-state index is -1.50. The molecule has 0 aliphatic rings. The average molecular weight is 499 g/mol. The Hall–Kier alpha value is -0.535. The lowest BCUT2D eigenvalue weighted by molar-refractivity contribution is -0.146. The molecule has 0 radical (unpaired) electrons.